The van der Waals surface area contributed by atoms with Crippen LogP contribution in [0.5, 0.6) is 5.75 Å². The van der Waals surface area contributed by atoms with Gasteiger partial charge in [-0.2, -0.15) is 16.5 Å². The Hall–Kier alpha value is -3.12. The van der Waals surface area contributed by atoms with Gasteiger partial charge in [0.25, 0.3) is 11.8 Å². The fourth-order valence-electron chi connectivity index (χ4n) is 3.14. The van der Waals surface area contributed by atoms with Crippen molar-refractivity contribution in [2.45, 2.75) is 24.0 Å². The highest BCUT2D eigenvalue weighted by Gasteiger charge is 2.26. The number of amides is 2. The summed E-state index contributed by atoms with van der Waals surface area (Å²) in [5.41, 5.74) is 5.44. The zero-order chi connectivity index (χ0) is 26.8. The van der Waals surface area contributed by atoms with Crippen LogP contribution in [-0.4, -0.2) is 38.3 Å². The van der Waals surface area contributed by atoms with Gasteiger partial charge >= 0.3 is 0 Å². The van der Waals surface area contributed by atoms with Gasteiger partial charge in [-0.15, -0.1) is 0 Å². The van der Waals surface area contributed by atoms with Gasteiger partial charge in [0.05, 0.1) is 10.5 Å². The maximum atomic E-state index is 13.1. The second-order valence-corrected chi connectivity index (χ2v) is 10.9. The Bertz CT molecular complexity index is 1320. The van der Waals surface area contributed by atoms with Crippen molar-refractivity contribution in [1.82, 2.24) is 15.6 Å². The lowest BCUT2D eigenvalue weighted by Gasteiger charge is -2.19. The molecule has 1 atom stereocenters. The van der Waals surface area contributed by atoms with Gasteiger partial charge < -0.3 is 4.74 Å². The highest BCUT2D eigenvalue weighted by Crippen LogP contribution is 2.20. The van der Waals surface area contributed by atoms with Crippen molar-refractivity contribution in [3.05, 3.63) is 94.8 Å². The molecule has 0 fully saturated rings. The molecule has 3 N–H and O–H groups in total. The number of hydrogen-bond acceptors (Lipinski definition) is 6. The number of hydrazine groups is 1. The van der Waals surface area contributed by atoms with Crippen LogP contribution in [-0.2, 0) is 21.4 Å². The predicted octanol–water partition coefficient (Wildman–Crippen LogP) is 3.92. The van der Waals surface area contributed by atoms with Gasteiger partial charge in [-0.3, -0.25) is 20.4 Å². The molecule has 12 heteroatoms. The third-order valence-corrected chi connectivity index (χ3v) is 7.47. The molecule has 3 aromatic rings. The molecule has 2 amide bonds. The van der Waals surface area contributed by atoms with Crippen LogP contribution < -0.4 is 20.3 Å². The summed E-state index contributed by atoms with van der Waals surface area (Å²) >= 11 is 7.27. The first-order valence-corrected chi connectivity index (χ1v) is 14.3. The van der Waals surface area contributed by atoms with Crippen molar-refractivity contribution in [1.29, 1.82) is 0 Å². The van der Waals surface area contributed by atoms with Crippen LogP contribution in [0, 0.1) is 5.82 Å². The molecule has 0 radical (unpaired) electrons. The molecule has 8 nitrogen and oxygen atoms in total. The third-order valence-electron chi connectivity index (χ3n) is 5.09. The Morgan fingerprint density at radius 1 is 1.00 bits per heavy atom. The van der Waals surface area contributed by atoms with Crippen LogP contribution in [0.4, 0.5) is 4.39 Å². The summed E-state index contributed by atoms with van der Waals surface area (Å²) in [4.78, 5) is 25.6. The molecular weight excluding hydrogens is 541 g/mol. The number of carbonyl (C=O) groups excluding carboxylic acids is 2. The van der Waals surface area contributed by atoms with E-state index in [9.17, 15) is 22.4 Å². The minimum absolute atomic E-state index is 0.0462. The monoisotopic (exact) mass is 565 g/mol. The van der Waals surface area contributed by atoms with Gasteiger partial charge in [0.2, 0.25) is 10.0 Å². The maximum Gasteiger partial charge on any atom is 0.273 e. The second-order valence-electron chi connectivity index (χ2n) is 7.76. The molecule has 0 aliphatic rings. The van der Waals surface area contributed by atoms with Crippen molar-refractivity contribution in [3.8, 4) is 5.75 Å². The van der Waals surface area contributed by atoms with Crippen molar-refractivity contribution >= 4 is 45.2 Å². The van der Waals surface area contributed by atoms with E-state index in [1.54, 1.807) is 30.3 Å². The largest absolute Gasteiger partial charge is 0.488 e. The molecule has 0 bridgehead atoms. The van der Waals surface area contributed by atoms with E-state index in [0.29, 0.717) is 16.3 Å². The molecular formula is C25H25ClFN3O5S2. The van der Waals surface area contributed by atoms with E-state index in [1.807, 2.05) is 6.26 Å². The third kappa shape index (κ3) is 8.46. The van der Waals surface area contributed by atoms with E-state index in [-0.39, 0.29) is 35.1 Å². The average Bonchev–Trinajstić information content (AvgIpc) is 2.89. The molecule has 0 unspecified atom stereocenters. The van der Waals surface area contributed by atoms with Gasteiger partial charge in [-0.1, -0.05) is 35.9 Å². The number of carbonyl (C=O) groups is 2. The SMILES string of the molecule is CSCC[C@@H](NS(=O)(=O)c1ccc(Cl)cc1)C(=O)NNC(=O)c1ccccc1OCc1ccc(F)cc1. The normalized spacial score (nSPS) is 12.0. The van der Waals surface area contributed by atoms with Gasteiger partial charge in [-0.25, -0.2) is 12.8 Å². The molecule has 196 valence electrons. The Morgan fingerprint density at radius 3 is 2.35 bits per heavy atom. The summed E-state index contributed by atoms with van der Waals surface area (Å²) in [6.07, 6.45) is 2.01. The Morgan fingerprint density at radius 2 is 1.68 bits per heavy atom. The molecule has 0 saturated carbocycles. The average molecular weight is 566 g/mol. The van der Waals surface area contributed by atoms with Crippen molar-refractivity contribution < 1.29 is 27.1 Å². The minimum atomic E-state index is -4.02. The van der Waals surface area contributed by atoms with Crippen LogP contribution in [0.25, 0.3) is 0 Å². The van der Waals surface area contributed by atoms with Crippen molar-refractivity contribution in [3.63, 3.8) is 0 Å². The number of thioether (sulfide) groups is 1. The summed E-state index contributed by atoms with van der Waals surface area (Å²) in [7, 11) is -4.02. The lowest BCUT2D eigenvalue weighted by Crippen LogP contribution is -2.52. The summed E-state index contributed by atoms with van der Waals surface area (Å²) in [5, 5.41) is 0.375. The first-order chi connectivity index (χ1) is 17.7. The number of halogens is 2. The number of rotatable bonds is 11. The first kappa shape index (κ1) is 28.5. The molecule has 3 aromatic carbocycles. The van der Waals surface area contributed by atoms with Crippen LogP contribution in [0.3, 0.4) is 0 Å². The number of para-hydroxylation sites is 1. The van der Waals surface area contributed by atoms with Crippen LogP contribution in [0.1, 0.15) is 22.3 Å². The summed E-state index contributed by atoms with van der Waals surface area (Å²) in [6.45, 7) is 0.0974. The highest BCUT2D eigenvalue weighted by molar-refractivity contribution is 7.98. The zero-order valence-corrected chi connectivity index (χ0v) is 22.1. The predicted molar refractivity (Wildman–Crippen MR) is 141 cm³/mol. The highest BCUT2D eigenvalue weighted by atomic mass is 35.5. The summed E-state index contributed by atoms with van der Waals surface area (Å²) in [5.74, 6) is -1.02. The lowest BCUT2D eigenvalue weighted by atomic mass is 10.2. The quantitative estimate of drug-likeness (QED) is 0.304. The standard InChI is InChI=1S/C25H25ClFN3O5S2/c1-36-15-14-22(30-37(33,34)20-12-8-18(26)9-13-20)25(32)29-28-24(31)21-4-2-3-5-23(21)35-16-17-6-10-19(27)11-7-17/h2-13,22,30H,14-16H2,1H3,(H,28,31)(H,29,32)/t22-/m1/s1. The number of ether oxygens (including phenoxy) is 1. The van der Waals surface area contributed by atoms with Gasteiger partial charge in [0.1, 0.15) is 24.2 Å². The van der Waals surface area contributed by atoms with Crippen molar-refractivity contribution in [2.24, 2.45) is 0 Å². The topological polar surface area (TPSA) is 114 Å². The first-order valence-electron chi connectivity index (χ1n) is 11.0. The number of hydrogen-bond donors (Lipinski definition) is 3. The second kappa shape index (κ2) is 13.4. The van der Waals surface area contributed by atoms with Crippen LogP contribution in [0.2, 0.25) is 5.02 Å². The van der Waals surface area contributed by atoms with Gasteiger partial charge in [-0.05, 0) is 72.5 Å². The summed E-state index contributed by atoms with van der Waals surface area (Å²) < 4.78 is 46.7. The van der Waals surface area contributed by atoms with E-state index in [4.69, 9.17) is 16.3 Å². The molecule has 3 rings (SSSR count). The lowest BCUT2D eigenvalue weighted by molar-refractivity contribution is -0.123. The molecule has 0 saturated heterocycles. The summed E-state index contributed by atoms with van der Waals surface area (Å²) in [6, 6.07) is 16.5. The van der Waals surface area contributed by atoms with E-state index in [2.05, 4.69) is 15.6 Å². The fourth-order valence-corrected chi connectivity index (χ4v) is 4.97. The number of nitrogens with one attached hydrogen (secondary N) is 3. The van der Waals surface area contributed by atoms with Gasteiger partial charge in [0, 0.05) is 5.02 Å². The molecule has 0 spiro atoms. The van der Waals surface area contributed by atoms with Crippen LogP contribution in [0.15, 0.2) is 77.7 Å². The Balaban J connectivity index is 1.65. The zero-order valence-electron chi connectivity index (χ0n) is 19.7. The van der Waals surface area contributed by atoms with E-state index < -0.39 is 27.9 Å². The van der Waals surface area contributed by atoms with Gasteiger partial charge in [0.15, 0.2) is 0 Å². The molecule has 0 heterocycles. The molecule has 0 aromatic heterocycles. The molecule has 0 aliphatic heterocycles. The minimum Gasteiger partial charge on any atom is -0.488 e. The molecule has 37 heavy (non-hydrogen) atoms. The Labute approximate surface area is 224 Å². The smallest absolute Gasteiger partial charge is 0.273 e. The van der Waals surface area contributed by atoms with Crippen LogP contribution >= 0.6 is 23.4 Å². The number of sulfonamides is 1. The van der Waals surface area contributed by atoms with E-state index in [1.165, 1.54) is 54.2 Å². The Kier molecular flexibility index (Phi) is 10.3. The van der Waals surface area contributed by atoms with Crippen molar-refractivity contribution in [2.75, 3.05) is 12.0 Å². The van der Waals surface area contributed by atoms with E-state index >= 15 is 0 Å². The van der Waals surface area contributed by atoms with E-state index in [0.717, 1.165) is 0 Å². The fraction of sp³-hybridized carbons (Fsp3) is 0.200. The maximum absolute atomic E-state index is 13.1. The number of benzene rings is 3. The molecule has 0 aliphatic carbocycles.